The van der Waals surface area contributed by atoms with Gasteiger partial charge in [-0.25, -0.2) is 4.39 Å². The average Bonchev–Trinajstić information content (AvgIpc) is 3.55. The molecule has 0 bridgehead atoms. The summed E-state index contributed by atoms with van der Waals surface area (Å²) in [6.45, 7) is 1.47. The largest absolute Gasteiger partial charge is 0.481 e. The molecule has 1 N–H and O–H groups in total. The Morgan fingerprint density at radius 3 is 2.60 bits per heavy atom. The maximum Gasteiger partial charge on any atom is 0.307 e. The van der Waals surface area contributed by atoms with E-state index in [1.807, 2.05) is 42.5 Å². The number of para-hydroxylation sites is 1. The highest BCUT2D eigenvalue weighted by Gasteiger charge is 2.44. The van der Waals surface area contributed by atoms with Crippen LogP contribution < -0.4 is 9.64 Å². The molecule has 0 spiro atoms. The molecular formula is C25H22FNO3. The fourth-order valence-electron chi connectivity index (χ4n) is 4.27. The predicted molar refractivity (Wildman–Crippen MR) is 113 cm³/mol. The Kier molecular flexibility index (Phi) is 4.66. The summed E-state index contributed by atoms with van der Waals surface area (Å²) in [5, 5.41) is 9.17. The molecule has 1 aliphatic heterocycles. The first-order valence-corrected chi connectivity index (χ1v) is 10.2. The van der Waals surface area contributed by atoms with E-state index in [0.29, 0.717) is 18.0 Å². The summed E-state index contributed by atoms with van der Waals surface area (Å²) < 4.78 is 20.1. The number of benzene rings is 3. The van der Waals surface area contributed by atoms with Crippen molar-refractivity contribution in [3.8, 4) is 11.5 Å². The zero-order valence-electron chi connectivity index (χ0n) is 16.4. The first-order valence-electron chi connectivity index (χ1n) is 10.2. The molecule has 152 valence electrons. The van der Waals surface area contributed by atoms with Crippen molar-refractivity contribution in [2.75, 3.05) is 11.4 Å². The van der Waals surface area contributed by atoms with Gasteiger partial charge in [-0.2, -0.15) is 0 Å². The highest BCUT2D eigenvalue weighted by molar-refractivity contribution is 5.75. The zero-order chi connectivity index (χ0) is 20.7. The fourth-order valence-corrected chi connectivity index (χ4v) is 4.27. The number of nitrogens with zero attached hydrogens (tertiary/aromatic N) is 1. The molecule has 0 aromatic heterocycles. The Labute approximate surface area is 174 Å². The van der Waals surface area contributed by atoms with Crippen molar-refractivity contribution in [3.05, 3.63) is 89.2 Å². The number of halogens is 1. The van der Waals surface area contributed by atoms with E-state index in [4.69, 9.17) is 4.74 Å². The first-order chi connectivity index (χ1) is 14.6. The van der Waals surface area contributed by atoms with Crippen molar-refractivity contribution < 1.29 is 19.0 Å². The van der Waals surface area contributed by atoms with Crippen molar-refractivity contribution in [1.82, 2.24) is 0 Å². The average molecular weight is 403 g/mol. The second-order valence-electron chi connectivity index (χ2n) is 8.05. The van der Waals surface area contributed by atoms with Crippen molar-refractivity contribution in [3.63, 3.8) is 0 Å². The highest BCUT2D eigenvalue weighted by atomic mass is 19.1. The van der Waals surface area contributed by atoms with Crippen molar-refractivity contribution >= 4 is 11.7 Å². The van der Waals surface area contributed by atoms with Crippen LogP contribution in [-0.2, 0) is 17.8 Å². The molecule has 4 nitrogen and oxygen atoms in total. The van der Waals surface area contributed by atoms with E-state index in [0.717, 1.165) is 30.6 Å². The van der Waals surface area contributed by atoms with Gasteiger partial charge in [0.15, 0.2) is 0 Å². The van der Waals surface area contributed by atoms with Crippen LogP contribution in [-0.4, -0.2) is 17.6 Å². The molecule has 0 radical (unpaired) electrons. The van der Waals surface area contributed by atoms with Gasteiger partial charge in [-0.15, -0.1) is 0 Å². The topological polar surface area (TPSA) is 49.8 Å². The molecule has 1 heterocycles. The molecule has 1 aliphatic carbocycles. The summed E-state index contributed by atoms with van der Waals surface area (Å²) in [4.78, 5) is 13.3. The van der Waals surface area contributed by atoms with Crippen molar-refractivity contribution in [2.24, 2.45) is 5.92 Å². The van der Waals surface area contributed by atoms with Gasteiger partial charge in [0.1, 0.15) is 17.3 Å². The second kappa shape index (κ2) is 7.48. The van der Waals surface area contributed by atoms with Gasteiger partial charge in [-0.3, -0.25) is 4.79 Å². The summed E-state index contributed by atoms with van der Waals surface area (Å²) in [6, 6.07) is 20.5. The monoisotopic (exact) mass is 403 g/mol. The van der Waals surface area contributed by atoms with Crippen LogP contribution in [0.15, 0.2) is 66.7 Å². The Morgan fingerprint density at radius 2 is 1.83 bits per heavy atom. The van der Waals surface area contributed by atoms with Crippen LogP contribution in [0, 0.1) is 11.7 Å². The lowest BCUT2D eigenvalue weighted by atomic mass is 9.95. The van der Waals surface area contributed by atoms with Crippen molar-refractivity contribution in [2.45, 2.75) is 25.3 Å². The van der Waals surface area contributed by atoms with Crippen LogP contribution in [0.5, 0.6) is 11.5 Å². The quantitative estimate of drug-likeness (QED) is 0.622. The fraction of sp³-hybridized carbons (Fsp3) is 0.240. The number of ether oxygens (including phenoxy) is 1. The lowest BCUT2D eigenvalue weighted by molar-refractivity contribution is -0.138. The number of carbonyl (C=O) groups is 1. The highest BCUT2D eigenvalue weighted by Crippen LogP contribution is 2.48. The smallest absolute Gasteiger partial charge is 0.307 e. The SMILES string of the molecule is O=C(O)C1CC1c1ccc2c(c1)CCN(c1cc(F)cc(Oc3ccccc3)c1)C2. The van der Waals surface area contributed by atoms with Crippen LogP contribution in [0.4, 0.5) is 10.1 Å². The third kappa shape index (κ3) is 3.75. The Hall–Kier alpha value is -3.34. The van der Waals surface area contributed by atoms with Crippen LogP contribution >= 0.6 is 0 Å². The summed E-state index contributed by atoms with van der Waals surface area (Å²) >= 11 is 0. The third-order valence-electron chi connectivity index (χ3n) is 5.98. The molecule has 2 atom stereocenters. The minimum Gasteiger partial charge on any atom is -0.481 e. The van der Waals surface area contributed by atoms with Gasteiger partial charge in [0, 0.05) is 30.9 Å². The number of aliphatic carboxylic acids is 1. The second-order valence-corrected chi connectivity index (χ2v) is 8.05. The summed E-state index contributed by atoms with van der Waals surface area (Å²) in [5.74, 6) is 0.0258. The minimum absolute atomic E-state index is 0.145. The molecular weight excluding hydrogens is 381 g/mol. The van der Waals surface area contributed by atoms with Gasteiger partial charge in [-0.05, 0) is 53.6 Å². The predicted octanol–water partition coefficient (Wildman–Crippen LogP) is 5.37. The van der Waals surface area contributed by atoms with Gasteiger partial charge < -0.3 is 14.7 Å². The Balaban J connectivity index is 1.34. The number of hydrogen-bond acceptors (Lipinski definition) is 3. The van der Waals surface area contributed by atoms with E-state index in [2.05, 4.69) is 17.0 Å². The van der Waals surface area contributed by atoms with E-state index in [1.165, 1.54) is 17.2 Å². The van der Waals surface area contributed by atoms with Gasteiger partial charge in [0.05, 0.1) is 5.92 Å². The molecule has 30 heavy (non-hydrogen) atoms. The van der Waals surface area contributed by atoms with Crippen LogP contribution in [0.25, 0.3) is 0 Å². The molecule has 2 aliphatic rings. The van der Waals surface area contributed by atoms with Crippen LogP contribution in [0.3, 0.4) is 0 Å². The standard InChI is InChI=1S/C25H22FNO3/c26-19-11-20(13-22(12-19)30-21-4-2-1-3-5-21)27-9-8-16-10-17(6-7-18(16)15-27)23-14-24(23)25(28)29/h1-7,10-13,23-24H,8-9,14-15H2,(H,28,29). The Morgan fingerprint density at radius 1 is 1.00 bits per heavy atom. The molecule has 0 saturated heterocycles. The van der Waals surface area contributed by atoms with E-state index in [-0.39, 0.29) is 17.7 Å². The van der Waals surface area contributed by atoms with Gasteiger partial charge in [0.2, 0.25) is 0 Å². The maximum atomic E-state index is 14.3. The third-order valence-corrected chi connectivity index (χ3v) is 5.98. The van der Waals surface area contributed by atoms with Gasteiger partial charge in [-0.1, -0.05) is 36.4 Å². The molecule has 1 fully saturated rings. The number of fused-ring (bicyclic) bond motifs is 1. The lowest BCUT2D eigenvalue weighted by Gasteiger charge is -2.31. The zero-order valence-corrected chi connectivity index (χ0v) is 16.4. The summed E-state index contributed by atoms with van der Waals surface area (Å²) in [7, 11) is 0. The van der Waals surface area contributed by atoms with E-state index in [9.17, 15) is 14.3 Å². The van der Waals surface area contributed by atoms with E-state index < -0.39 is 5.97 Å². The van der Waals surface area contributed by atoms with E-state index >= 15 is 0 Å². The molecule has 1 saturated carbocycles. The van der Waals surface area contributed by atoms with Crippen LogP contribution in [0.2, 0.25) is 0 Å². The number of carboxylic acids is 1. The van der Waals surface area contributed by atoms with Gasteiger partial charge in [0.25, 0.3) is 0 Å². The van der Waals surface area contributed by atoms with E-state index in [1.54, 1.807) is 6.07 Å². The maximum absolute atomic E-state index is 14.3. The molecule has 3 aromatic carbocycles. The number of carboxylic acid groups (broad SMARTS) is 1. The summed E-state index contributed by atoms with van der Waals surface area (Å²) in [5.41, 5.74) is 4.38. The normalized spacial score (nSPS) is 19.8. The summed E-state index contributed by atoms with van der Waals surface area (Å²) in [6.07, 6.45) is 1.58. The molecule has 5 heteroatoms. The number of rotatable bonds is 5. The Bertz CT molecular complexity index is 1100. The lowest BCUT2D eigenvalue weighted by Crippen LogP contribution is -2.30. The van der Waals surface area contributed by atoms with Crippen LogP contribution in [0.1, 0.15) is 29.0 Å². The minimum atomic E-state index is -0.705. The first kappa shape index (κ1) is 18.7. The van der Waals surface area contributed by atoms with Crippen molar-refractivity contribution in [1.29, 1.82) is 0 Å². The molecule has 3 aromatic rings. The molecule has 5 rings (SSSR count). The molecule has 0 amide bonds. The molecule has 2 unspecified atom stereocenters. The van der Waals surface area contributed by atoms with Gasteiger partial charge >= 0.3 is 5.97 Å². The number of hydrogen-bond donors (Lipinski definition) is 1. The number of anilines is 1.